The average molecular weight is 391 g/mol. The van der Waals surface area contributed by atoms with Crippen molar-refractivity contribution in [3.05, 3.63) is 65.9 Å². The number of nitrogens with zero attached hydrogens (tertiary/aromatic N) is 2. The van der Waals surface area contributed by atoms with Gasteiger partial charge in [0.2, 0.25) is 11.9 Å². The number of H-pyrrole nitrogens is 1. The van der Waals surface area contributed by atoms with E-state index in [4.69, 9.17) is 5.73 Å². The maximum Gasteiger partial charge on any atom is 0.208 e. The molecule has 0 radical (unpaired) electrons. The van der Waals surface area contributed by atoms with Crippen LogP contribution in [0.3, 0.4) is 0 Å². The number of para-hydroxylation sites is 2. The van der Waals surface area contributed by atoms with Crippen molar-refractivity contribution in [3.63, 3.8) is 0 Å². The number of nitrogens with two attached hydrogens (primary N) is 1. The van der Waals surface area contributed by atoms with Crippen molar-refractivity contribution in [2.24, 2.45) is 10.7 Å². The third kappa shape index (κ3) is 4.62. The molecule has 2 heterocycles. The molecule has 1 unspecified atom stereocenters. The van der Waals surface area contributed by atoms with Crippen LogP contribution < -0.4 is 21.7 Å². The maximum atomic E-state index is 10.5. The lowest BCUT2D eigenvalue weighted by Crippen LogP contribution is -2.33. The van der Waals surface area contributed by atoms with Gasteiger partial charge in [0.1, 0.15) is 0 Å². The molecule has 7 N–H and O–H groups in total. The van der Waals surface area contributed by atoms with Crippen LogP contribution in [0.1, 0.15) is 17.5 Å². The highest BCUT2D eigenvalue weighted by molar-refractivity contribution is 5.97. The van der Waals surface area contributed by atoms with Crippen molar-refractivity contribution in [3.8, 4) is 0 Å². The Morgan fingerprint density at radius 1 is 1.10 bits per heavy atom. The predicted molar refractivity (Wildman–Crippen MR) is 116 cm³/mol. The second kappa shape index (κ2) is 8.87. The second-order valence-corrected chi connectivity index (χ2v) is 6.84. The number of aliphatic imine (C=N–C) groups is 1. The number of aliphatic hydroxyl groups is 1. The van der Waals surface area contributed by atoms with Crippen LogP contribution in [0.25, 0.3) is 16.6 Å². The zero-order valence-electron chi connectivity index (χ0n) is 16.0. The number of aromatic amines is 1. The molecule has 29 heavy (non-hydrogen) atoms. The smallest absolute Gasteiger partial charge is 0.208 e. The van der Waals surface area contributed by atoms with Crippen LogP contribution in [0, 0.1) is 0 Å². The van der Waals surface area contributed by atoms with Gasteiger partial charge in [0.25, 0.3) is 0 Å². The van der Waals surface area contributed by atoms with Crippen LogP contribution in [-0.2, 0) is 6.54 Å². The summed E-state index contributed by atoms with van der Waals surface area (Å²) in [5.74, 6) is 0.994. The first-order valence-corrected chi connectivity index (χ1v) is 9.67. The molecule has 150 valence electrons. The Labute approximate surface area is 169 Å². The minimum atomic E-state index is -0.961. The first-order chi connectivity index (χ1) is 14.2. The number of nitrogens with one attached hydrogen (secondary N) is 4. The van der Waals surface area contributed by atoms with Gasteiger partial charge in [-0.25, -0.2) is 9.98 Å². The molecule has 3 aromatic rings. The highest BCUT2D eigenvalue weighted by Gasteiger charge is 2.18. The van der Waals surface area contributed by atoms with Gasteiger partial charge in [-0.15, -0.1) is 0 Å². The number of hydrogen-bond acceptors (Lipinski definition) is 7. The molecule has 8 nitrogen and oxygen atoms in total. The highest BCUT2D eigenvalue weighted by Crippen LogP contribution is 2.22. The zero-order chi connectivity index (χ0) is 20.1. The fourth-order valence-electron chi connectivity index (χ4n) is 3.15. The summed E-state index contributed by atoms with van der Waals surface area (Å²) < 4.78 is 0. The van der Waals surface area contributed by atoms with Crippen molar-refractivity contribution in [2.75, 3.05) is 18.4 Å². The molecule has 4 rings (SSSR count). The molecule has 0 amide bonds. The van der Waals surface area contributed by atoms with Gasteiger partial charge in [-0.1, -0.05) is 36.4 Å². The van der Waals surface area contributed by atoms with E-state index in [0.717, 1.165) is 36.1 Å². The number of aromatic nitrogens is 2. The summed E-state index contributed by atoms with van der Waals surface area (Å²) in [5, 5.41) is 20.0. The number of benzene rings is 2. The summed E-state index contributed by atoms with van der Waals surface area (Å²) in [6.45, 7) is 2.39. The third-order valence-electron chi connectivity index (χ3n) is 4.69. The number of guanidine groups is 1. The molecule has 0 aliphatic carbocycles. The van der Waals surface area contributed by atoms with Gasteiger partial charge in [0, 0.05) is 18.3 Å². The summed E-state index contributed by atoms with van der Waals surface area (Å²) in [7, 11) is 0. The molecule has 2 aromatic carbocycles. The van der Waals surface area contributed by atoms with Crippen LogP contribution >= 0.6 is 0 Å². The highest BCUT2D eigenvalue weighted by atomic mass is 16.3. The van der Waals surface area contributed by atoms with Crippen LogP contribution in [0.15, 0.2) is 59.7 Å². The minimum Gasteiger partial charge on any atom is -0.368 e. The van der Waals surface area contributed by atoms with Crippen molar-refractivity contribution in [2.45, 2.75) is 19.2 Å². The number of hydrogen-bond donors (Lipinski definition) is 6. The summed E-state index contributed by atoms with van der Waals surface area (Å²) in [4.78, 5) is 11.9. The summed E-state index contributed by atoms with van der Waals surface area (Å²) in [6, 6.07) is 15.8. The van der Waals surface area contributed by atoms with Crippen molar-refractivity contribution in [1.29, 1.82) is 0 Å². The van der Waals surface area contributed by atoms with Gasteiger partial charge in [-0.05, 0) is 42.8 Å². The Kier molecular flexibility index (Phi) is 5.85. The quantitative estimate of drug-likeness (QED) is 0.341. The largest absolute Gasteiger partial charge is 0.368 e. The lowest BCUT2D eigenvalue weighted by molar-refractivity contribution is 0.241. The number of rotatable bonds is 7. The van der Waals surface area contributed by atoms with Gasteiger partial charge in [0.15, 0.2) is 6.23 Å². The third-order valence-corrected chi connectivity index (χ3v) is 4.69. The monoisotopic (exact) mass is 391 g/mol. The number of aliphatic hydroxyl groups excluding tert-OH is 1. The standard InChI is InChI=1S/C21H25N7O/c22-10-3-11-23-12-14-6-8-15(9-7-14)16-13-24-20(27-19(16)29)28-21-25-17-4-1-2-5-18(17)26-21/h1-2,4-9,13,19,23,29H,3,10-12,22H2,(H3,24,25,26,27,28). The number of anilines is 1. The van der Waals surface area contributed by atoms with Crippen LogP contribution in [0.2, 0.25) is 0 Å². The normalized spacial score (nSPS) is 16.3. The maximum absolute atomic E-state index is 10.5. The summed E-state index contributed by atoms with van der Waals surface area (Å²) in [5.41, 5.74) is 10.1. The molecular formula is C21H25N7O. The number of fused-ring (bicyclic) bond motifs is 1. The molecule has 8 heteroatoms. The Morgan fingerprint density at radius 3 is 2.69 bits per heavy atom. The zero-order valence-corrected chi connectivity index (χ0v) is 16.0. The van der Waals surface area contributed by atoms with Crippen LogP contribution in [0.5, 0.6) is 0 Å². The predicted octanol–water partition coefficient (Wildman–Crippen LogP) is 1.73. The van der Waals surface area contributed by atoms with Gasteiger partial charge in [0.05, 0.1) is 11.0 Å². The Balaban J connectivity index is 1.38. The van der Waals surface area contributed by atoms with E-state index in [-0.39, 0.29) is 0 Å². The van der Waals surface area contributed by atoms with Gasteiger partial charge >= 0.3 is 0 Å². The SMILES string of the molecule is NCCCNCc1ccc(C2=CNC(Nc3nc4ccccc4[nH]3)=NC2O)cc1. The van der Waals surface area contributed by atoms with E-state index in [0.29, 0.717) is 24.0 Å². The fourth-order valence-corrected chi connectivity index (χ4v) is 3.15. The van der Waals surface area contributed by atoms with E-state index in [2.05, 4.69) is 30.9 Å². The van der Waals surface area contributed by atoms with Crippen LogP contribution in [0.4, 0.5) is 5.95 Å². The van der Waals surface area contributed by atoms with E-state index < -0.39 is 6.23 Å². The van der Waals surface area contributed by atoms with Gasteiger partial charge < -0.3 is 26.5 Å². The lowest BCUT2D eigenvalue weighted by Gasteiger charge is -2.20. The summed E-state index contributed by atoms with van der Waals surface area (Å²) in [6.07, 6.45) is 1.76. The Hall–Kier alpha value is -3.20. The fraction of sp³-hybridized carbons (Fsp3) is 0.238. The first-order valence-electron chi connectivity index (χ1n) is 9.67. The van der Waals surface area contributed by atoms with Crippen molar-refractivity contribution in [1.82, 2.24) is 20.6 Å². The molecule has 0 bridgehead atoms. The molecule has 1 aromatic heterocycles. The lowest BCUT2D eigenvalue weighted by atomic mass is 10.0. The van der Waals surface area contributed by atoms with E-state index in [1.807, 2.05) is 48.5 Å². The number of imidazole rings is 1. The molecule has 1 atom stereocenters. The molecule has 0 saturated carbocycles. The van der Waals surface area contributed by atoms with Gasteiger partial charge in [-0.2, -0.15) is 0 Å². The second-order valence-electron chi connectivity index (χ2n) is 6.84. The molecule has 0 fully saturated rings. The van der Waals surface area contributed by atoms with Crippen molar-refractivity contribution < 1.29 is 5.11 Å². The van der Waals surface area contributed by atoms with E-state index >= 15 is 0 Å². The van der Waals surface area contributed by atoms with Gasteiger partial charge in [-0.3, -0.25) is 5.32 Å². The molecule has 1 aliphatic heterocycles. The Bertz CT molecular complexity index is 990. The van der Waals surface area contributed by atoms with E-state index in [1.54, 1.807) is 6.20 Å². The first kappa shape index (κ1) is 19.1. The molecular weight excluding hydrogens is 366 g/mol. The van der Waals surface area contributed by atoms with E-state index in [1.165, 1.54) is 5.56 Å². The van der Waals surface area contributed by atoms with Crippen molar-refractivity contribution >= 4 is 28.5 Å². The summed E-state index contributed by atoms with van der Waals surface area (Å²) >= 11 is 0. The molecule has 0 spiro atoms. The molecule has 1 aliphatic rings. The topological polar surface area (TPSA) is 123 Å². The average Bonchev–Trinajstić information content (AvgIpc) is 3.14. The van der Waals surface area contributed by atoms with E-state index in [9.17, 15) is 5.11 Å². The molecule has 0 saturated heterocycles. The Morgan fingerprint density at radius 2 is 1.93 bits per heavy atom. The van der Waals surface area contributed by atoms with Crippen LogP contribution in [-0.4, -0.2) is 40.4 Å². The minimum absolute atomic E-state index is 0.432.